The molecule has 0 aliphatic carbocycles. The first kappa shape index (κ1) is 16.0. The summed E-state index contributed by atoms with van der Waals surface area (Å²) in [6.07, 6.45) is 3.16. The van der Waals surface area contributed by atoms with Crippen LogP contribution in [0.15, 0.2) is 41.4 Å². The van der Waals surface area contributed by atoms with Gasteiger partial charge in [0.15, 0.2) is 5.69 Å². The van der Waals surface area contributed by atoms with Crippen molar-refractivity contribution in [3.63, 3.8) is 0 Å². The molecule has 0 saturated carbocycles. The molecular weight excluding hydrogens is 354 g/mol. The molecule has 1 aromatic carbocycles. The zero-order valence-electron chi connectivity index (χ0n) is 14.0. The van der Waals surface area contributed by atoms with Gasteiger partial charge in [0.25, 0.3) is 5.91 Å². The average Bonchev–Trinajstić information content (AvgIpc) is 3.43. The Morgan fingerprint density at radius 1 is 1.08 bits per heavy atom. The third-order valence-corrected chi connectivity index (χ3v) is 8.02. The molecule has 4 atom stereocenters. The number of aromatic amines is 1. The van der Waals surface area contributed by atoms with E-state index in [0.717, 1.165) is 12.8 Å². The topological polar surface area (TPSA) is 99.3 Å². The van der Waals surface area contributed by atoms with Crippen molar-refractivity contribution in [3.8, 4) is 0 Å². The minimum absolute atomic E-state index is 0.0229. The maximum absolute atomic E-state index is 13.2. The number of sulfonamides is 1. The lowest BCUT2D eigenvalue weighted by atomic mass is 9.82. The Labute approximate surface area is 151 Å². The first-order chi connectivity index (χ1) is 12.6. The van der Waals surface area contributed by atoms with Crippen LogP contribution in [0, 0.1) is 11.8 Å². The van der Waals surface area contributed by atoms with Crippen molar-refractivity contribution in [1.29, 1.82) is 0 Å². The van der Waals surface area contributed by atoms with Crippen molar-refractivity contribution in [2.24, 2.45) is 11.8 Å². The molecule has 1 amide bonds. The number of rotatable bonds is 3. The lowest BCUT2D eigenvalue weighted by Crippen LogP contribution is -2.41. The molecule has 3 aliphatic heterocycles. The first-order valence-electron chi connectivity index (χ1n) is 8.81. The number of carbonyl (C=O) groups excluding carboxylic acids is 1. The molecule has 9 heteroatoms. The summed E-state index contributed by atoms with van der Waals surface area (Å²) in [6, 6.07) is 8.59. The number of nitrogens with one attached hydrogen (secondary N) is 1. The van der Waals surface area contributed by atoms with E-state index in [1.165, 1.54) is 6.20 Å². The second kappa shape index (κ2) is 5.62. The number of hydrogen-bond donors (Lipinski definition) is 1. The second-order valence-corrected chi connectivity index (χ2v) is 9.10. The maximum Gasteiger partial charge on any atom is 0.276 e. The van der Waals surface area contributed by atoms with Crippen molar-refractivity contribution < 1.29 is 13.2 Å². The van der Waals surface area contributed by atoms with E-state index in [2.05, 4.69) is 15.4 Å². The Hall–Kier alpha value is -2.26. The van der Waals surface area contributed by atoms with Crippen LogP contribution in [0.5, 0.6) is 0 Å². The smallest absolute Gasteiger partial charge is 0.276 e. The first-order valence-corrected chi connectivity index (χ1v) is 10.2. The van der Waals surface area contributed by atoms with E-state index < -0.39 is 10.0 Å². The fraction of sp³-hybridized carbons (Fsp3) is 0.471. The molecule has 0 radical (unpaired) electrons. The number of aromatic nitrogens is 3. The summed E-state index contributed by atoms with van der Waals surface area (Å²) in [4.78, 5) is 14.7. The summed E-state index contributed by atoms with van der Waals surface area (Å²) in [5.74, 6) is 0.260. The summed E-state index contributed by atoms with van der Waals surface area (Å²) in [7, 11) is -3.50. The Morgan fingerprint density at radius 2 is 1.73 bits per heavy atom. The van der Waals surface area contributed by atoms with E-state index in [0.29, 0.717) is 23.7 Å². The molecule has 4 heterocycles. The molecule has 2 bridgehead atoms. The molecule has 5 rings (SSSR count). The van der Waals surface area contributed by atoms with Gasteiger partial charge in [-0.2, -0.15) is 19.7 Å². The molecular formula is C17H19N5O3S. The third-order valence-electron chi connectivity index (χ3n) is 6.05. The number of nitrogens with zero attached hydrogens (tertiary/aromatic N) is 4. The van der Waals surface area contributed by atoms with Crippen LogP contribution in [0.3, 0.4) is 0 Å². The zero-order valence-corrected chi connectivity index (χ0v) is 14.8. The van der Waals surface area contributed by atoms with E-state index in [9.17, 15) is 13.2 Å². The van der Waals surface area contributed by atoms with Crippen LogP contribution in [0.1, 0.15) is 23.3 Å². The van der Waals surface area contributed by atoms with E-state index in [4.69, 9.17) is 0 Å². The molecule has 136 valence electrons. The van der Waals surface area contributed by atoms with E-state index in [-0.39, 0.29) is 29.8 Å². The lowest BCUT2D eigenvalue weighted by molar-refractivity contribution is 0.0767. The van der Waals surface area contributed by atoms with Gasteiger partial charge in [0, 0.05) is 25.2 Å². The summed E-state index contributed by atoms with van der Waals surface area (Å²) >= 11 is 0. The van der Waals surface area contributed by atoms with E-state index >= 15 is 0 Å². The summed E-state index contributed by atoms with van der Waals surface area (Å²) in [5, 5.41) is 10.0. The number of fused-ring (bicyclic) bond motifs is 5. The van der Waals surface area contributed by atoms with Gasteiger partial charge in [-0.05, 0) is 36.8 Å². The predicted molar refractivity (Wildman–Crippen MR) is 91.5 cm³/mol. The molecule has 3 saturated heterocycles. The second-order valence-electron chi connectivity index (χ2n) is 7.25. The van der Waals surface area contributed by atoms with Crippen LogP contribution in [-0.4, -0.2) is 64.1 Å². The molecule has 1 aromatic heterocycles. The van der Waals surface area contributed by atoms with Crippen molar-refractivity contribution in [3.05, 3.63) is 42.2 Å². The van der Waals surface area contributed by atoms with Crippen molar-refractivity contribution >= 4 is 15.9 Å². The fourth-order valence-corrected chi connectivity index (χ4v) is 7.00. The van der Waals surface area contributed by atoms with Gasteiger partial charge >= 0.3 is 0 Å². The highest BCUT2D eigenvalue weighted by Crippen LogP contribution is 2.51. The highest BCUT2D eigenvalue weighted by atomic mass is 32.2. The molecule has 1 N–H and O–H groups in total. The minimum atomic E-state index is -3.50. The molecule has 2 aromatic rings. The maximum atomic E-state index is 13.2. The monoisotopic (exact) mass is 373 g/mol. The van der Waals surface area contributed by atoms with Gasteiger partial charge in [-0.25, -0.2) is 8.42 Å². The van der Waals surface area contributed by atoms with E-state index in [1.54, 1.807) is 33.5 Å². The van der Waals surface area contributed by atoms with Crippen molar-refractivity contribution in [2.45, 2.75) is 29.8 Å². The van der Waals surface area contributed by atoms with Crippen molar-refractivity contribution in [2.75, 3.05) is 13.1 Å². The van der Waals surface area contributed by atoms with Gasteiger partial charge in [-0.15, -0.1) is 0 Å². The van der Waals surface area contributed by atoms with E-state index in [1.807, 2.05) is 6.07 Å². The van der Waals surface area contributed by atoms with Gasteiger partial charge < -0.3 is 4.90 Å². The normalized spacial score (nSPS) is 30.7. The van der Waals surface area contributed by atoms with Crippen LogP contribution in [0.2, 0.25) is 0 Å². The predicted octanol–water partition coefficient (Wildman–Crippen LogP) is 0.728. The molecule has 3 aliphatic rings. The quantitative estimate of drug-likeness (QED) is 0.855. The highest BCUT2D eigenvalue weighted by Gasteiger charge is 2.60. The van der Waals surface area contributed by atoms with Crippen LogP contribution in [0.4, 0.5) is 0 Å². The fourth-order valence-electron chi connectivity index (χ4n) is 5.02. The molecule has 8 nitrogen and oxygen atoms in total. The molecule has 26 heavy (non-hydrogen) atoms. The molecule has 0 unspecified atom stereocenters. The van der Waals surface area contributed by atoms with Gasteiger partial charge in [-0.3, -0.25) is 4.79 Å². The minimum Gasteiger partial charge on any atom is -0.336 e. The van der Waals surface area contributed by atoms with Gasteiger partial charge in [-0.1, -0.05) is 18.2 Å². The van der Waals surface area contributed by atoms with Gasteiger partial charge in [0.1, 0.15) is 0 Å². The Morgan fingerprint density at radius 3 is 2.31 bits per heavy atom. The van der Waals surface area contributed by atoms with Crippen LogP contribution >= 0.6 is 0 Å². The number of carbonyl (C=O) groups is 1. The van der Waals surface area contributed by atoms with Gasteiger partial charge in [0.2, 0.25) is 10.0 Å². The van der Waals surface area contributed by atoms with Crippen LogP contribution < -0.4 is 0 Å². The van der Waals surface area contributed by atoms with Crippen LogP contribution in [0.25, 0.3) is 0 Å². The Bertz CT molecular complexity index is 911. The average molecular weight is 373 g/mol. The largest absolute Gasteiger partial charge is 0.336 e. The summed E-state index contributed by atoms with van der Waals surface area (Å²) in [5.41, 5.74) is 0.311. The number of likely N-dealkylation sites (tertiary alicyclic amines) is 1. The Kier molecular flexibility index (Phi) is 3.45. The SMILES string of the molecule is O=C(c1cn[nH]n1)N1C[C@@H]2[C@H](C1)[C@H]1CC[C@@H]2N1S(=O)(=O)c1ccccc1. The van der Waals surface area contributed by atoms with Crippen LogP contribution in [-0.2, 0) is 10.0 Å². The number of H-pyrrole nitrogens is 1. The Balaban J connectivity index is 1.41. The molecule has 3 fully saturated rings. The molecule has 0 spiro atoms. The summed E-state index contributed by atoms with van der Waals surface area (Å²) in [6.45, 7) is 1.16. The zero-order chi connectivity index (χ0) is 17.9. The van der Waals surface area contributed by atoms with Gasteiger partial charge in [0.05, 0.1) is 11.1 Å². The summed E-state index contributed by atoms with van der Waals surface area (Å²) < 4.78 is 28.0. The third kappa shape index (κ3) is 2.16. The number of hydrogen-bond acceptors (Lipinski definition) is 5. The number of benzene rings is 1. The standard InChI is InChI=1S/C17H19N5O3S/c23-17(14-8-18-20-19-14)21-9-12-13(10-21)16-7-6-15(12)22(16)26(24,25)11-4-2-1-3-5-11/h1-5,8,12-13,15-16H,6-7,9-10H2,(H,18,19,20)/t12-,13+,15+,16-. The lowest BCUT2D eigenvalue weighted by Gasteiger charge is -2.26. The van der Waals surface area contributed by atoms with Crippen molar-refractivity contribution in [1.82, 2.24) is 24.6 Å². The number of amides is 1. The highest BCUT2D eigenvalue weighted by molar-refractivity contribution is 7.89.